The highest BCUT2D eigenvalue weighted by Crippen LogP contribution is 2.20. The summed E-state index contributed by atoms with van der Waals surface area (Å²) in [6, 6.07) is 10.6. The van der Waals surface area contributed by atoms with Crippen LogP contribution < -0.4 is 5.32 Å². The molecular weight excluding hydrogens is 342 g/mol. The van der Waals surface area contributed by atoms with E-state index in [4.69, 9.17) is 4.74 Å². The van der Waals surface area contributed by atoms with E-state index >= 15 is 0 Å². The molecule has 0 radical (unpaired) electrons. The lowest BCUT2D eigenvalue weighted by Crippen LogP contribution is -2.38. The monoisotopic (exact) mass is 367 g/mol. The molecule has 1 aromatic carbocycles. The Kier molecular flexibility index (Phi) is 6.06. The van der Waals surface area contributed by atoms with Crippen molar-refractivity contribution in [2.45, 2.75) is 26.7 Å². The van der Waals surface area contributed by atoms with Crippen LogP contribution in [0.25, 0.3) is 0 Å². The summed E-state index contributed by atoms with van der Waals surface area (Å²) < 4.78 is 4.97. The van der Waals surface area contributed by atoms with Crippen LogP contribution in [0.1, 0.15) is 47.5 Å². The van der Waals surface area contributed by atoms with E-state index in [1.807, 2.05) is 11.0 Å². The number of esters is 1. The van der Waals surface area contributed by atoms with Gasteiger partial charge in [-0.3, -0.25) is 4.79 Å². The zero-order valence-corrected chi connectivity index (χ0v) is 15.8. The highest BCUT2D eigenvalue weighted by Gasteiger charge is 2.22. The van der Waals surface area contributed by atoms with Crippen molar-refractivity contribution in [1.82, 2.24) is 9.88 Å². The van der Waals surface area contributed by atoms with Crippen molar-refractivity contribution in [3.8, 4) is 0 Å². The second-order valence-corrected chi connectivity index (χ2v) is 6.83. The Balaban J connectivity index is 1.60. The molecular formula is C21H25N3O3. The molecule has 0 atom stereocenters. The molecule has 1 aromatic heterocycles. The number of carbonyl (C=O) groups excluding carboxylic acids is 2. The van der Waals surface area contributed by atoms with Crippen LogP contribution in [0, 0.1) is 5.92 Å². The van der Waals surface area contributed by atoms with Crippen molar-refractivity contribution in [1.29, 1.82) is 0 Å². The fourth-order valence-electron chi connectivity index (χ4n) is 3.04. The van der Waals surface area contributed by atoms with Gasteiger partial charge in [-0.1, -0.05) is 6.92 Å². The molecule has 1 amide bonds. The first-order chi connectivity index (χ1) is 13.1. The van der Waals surface area contributed by atoms with Gasteiger partial charge in [0.2, 0.25) is 0 Å². The van der Waals surface area contributed by atoms with Crippen LogP contribution in [-0.4, -0.2) is 41.5 Å². The number of amides is 1. The summed E-state index contributed by atoms with van der Waals surface area (Å²) in [7, 11) is 0. The molecule has 6 heteroatoms. The largest absolute Gasteiger partial charge is 0.462 e. The van der Waals surface area contributed by atoms with Crippen molar-refractivity contribution in [2.75, 3.05) is 25.0 Å². The summed E-state index contributed by atoms with van der Waals surface area (Å²) >= 11 is 0. The molecule has 2 heterocycles. The Labute approximate surface area is 159 Å². The number of pyridine rings is 1. The fraction of sp³-hybridized carbons (Fsp3) is 0.381. The van der Waals surface area contributed by atoms with Crippen molar-refractivity contribution >= 4 is 23.3 Å². The van der Waals surface area contributed by atoms with Gasteiger partial charge in [-0.05, 0) is 62.1 Å². The van der Waals surface area contributed by atoms with Crippen molar-refractivity contribution in [3.05, 3.63) is 53.9 Å². The molecule has 0 bridgehead atoms. The van der Waals surface area contributed by atoms with Gasteiger partial charge in [0.1, 0.15) is 5.69 Å². The molecule has 2 aromatic rings. The van der Waals surface area contributed by atoms with Gasteiger partial charge >= 0.3 is 5.97 Å². The number of likely N-dealkylation sites (tertiary alicyclic amines) is 1. The number of anilines is 2. The van der Waals surface area contributed by atoms with Crippen molar-refractivity contribution < 1.29 is 14.3 Å². The number of nitrogens with zero attached hydrogens (tertiary/aromatic N) is 2. The molecule has 0 spiro atoms. The van der Waals surface area contributed by atoms with Gasteiger partial charge in [0.15, 0.2) is 0 Å². The lowest BCUT2D eigenvalue weighted by atomic mass is 9.99. The third kappa shape index (κ3) is 4.84. The predicted molar refractivity (Wildman–Crippen MR) is 104 cm³/mol. The van der Waals surface area contributed by atoms with Gasteiger partial charge in [0, 0.05) is 18.8 Å². The summed E-state index contributed by atoms with van der Waals surface area (Å²) in [6.45, 7) is 5.95. The van der Waals surface area contributed by atoms with Gasteiger partial charge < -0.3 is 15.0 Å². The SMILES string of the molecule is CCOC(=O)c1ccc(Nc2ccc(C(=O)N3CCC(C)CC3)nc2)cc1. The molecule has 1 fully saturated rings. The number of rotatable bonds is 5. The minimum Gasteiger partial charge on any atom is -0.462 e. The van der Waals surface area contributed by atoms with Gasteiger partial charge in [-0.25, -0.2) is 9.78 Å². The van der Waals surface area contributed by atoms with Crippen LogP contribution in [0.3, 0.4) is 0 Å². The molecule has 142 valence electrons. The number of piperidine rings is 1. The van der Waals surface area contributed by atoms with E-state index in [9.17, 15) is 9.59 Å². The van der Waals surface area contributed by atoms with Crippen molar-refractivity contribution in [3.63, 3.8) is 0 Å². The standard InChI is InChI=1S/C21H25N3O3/c1-3-27-21(26)16-4-6-17(7-5-16)23-18-8-9-19(22-14-18)20(25)24-12-10-15(2)11-13-24/h4-9,14-15,23H,3,10-13H2,1-2H3. The summed E-state index contributed by atoms with van der Waals surface area (Å²) in [5.41, 5.74) is 2.58. The summed E-state index contributed by atoms with van der Waals surface area (Å²) in [5.74, 6) is 0.344. The van der Waals surface area contributed by atoms with Crippen molar-refractivity contribution in [2.24, 2.45) is 5.92 Å². The quantitative estimate of drug-likeness (QED) is 0.812. The highest BCUT2D eigenvalue weighted by molar-refractivity contribution is 5.92. The number of aromatic nitrogens is 1. The third-order valence-electron chi connectivity index (χ3n) is 4.74. The summed E-state index contributed by atoms with van der Waals surface area (Å²) in [4.78, 5) is 30.4. The second-order valence-electron chi connectivity index (χ2n) is 6.83. The van der Waals surface area contributed by atoms with Crippen LogP contribution in [0.4, 0.5) is 11.4 Å². The molecule has 1 N–H and O–H groups in total. The van der Waals surface area contributed by atoms with Crippen LogP contribution in [0.5, 0.6) is 0 Å². The molecule has 27 heavy (non-hydrogen) atoms. The number of benzene rings is 1. The molecule has 0 saturated carbocycles. The Morgan fingerprint density at radius 2 is 1.78 bits per heavy atom. The van der Waals surface area contributed by atoms with Gasteiger partial charge in [-0.2, -0.15) is 0 Å². The van der Waals surface area contributed by atoms with Gasteiger partial charge in [0.05, 0.1) is 24.1 Å². The normalized spacial score (nSPS) is 14.7. The van der Waals surface area contributed by atoms with E-state index in [1.165, 1.54) is 0 Å². The Morgan fingerprint density at radius 1 is 1.11 bits per heavy atom. The Morgan fingerprint density at radius 3 is 2.37 bits per heavy atom. The fourth-order valence-corrected chi connectivity index (χ4v) is 3.04. The Bertz CT molecular complexity index is 779. The van der Waals surface area contributed by atoms with E-state index < -0.39 is 0 Å². The van der Waals surface area contributed by atoms with E-state index in [1.54, 1.807) is 43.5 Å². The Hall–Kier alpha value is -2.89. The first-order valence-electron chi connectivity index (χ1n) is 9.36. The van der Waals surface area contributed by atoms with E-state index in [2.05, 4.69) is 17.2 Å². The molecule has 1 aliphatic rings. The van der Waals surface area contributed by atoms with Crippen LogP contribution in [0.15, 0.2) is 42.6 Å². The molecule has 0 aliphatic carbocycles. The topological polar surface area (TPSA) is 71.5 Å². The molecule has 0 unspecified atom stereocenters. The molecule has 3 rings (SSSR count). The zero-order chi connectivity index (χ0) is 19.2. The average Bonchev–Trinajstić information content (AvgIpc) is 2.69. The maximum atomic E-state index is 12.5. The number of carbonyl (C=O) groups is 2. The lowest BCUT2D eigenvalue weighted by Gasteiger charge is -2.30. The number of hydrogen-bond acceptors (Lipinski definition) is 5. The zero-order valence-electron chi connectivity index (χ0n) is 15.8. The highest BCUT2D eigenvalue weighted by atomic mass is 16.5. The van der Waals surface area contributed by atoms with Gasteiger partial charge in [0.25, 0.3) is 5.91 Å². The first-order valence-corrected chi connectivity index (χ1v) is 9.36. The van der Waals surface area contributed by atoms with Crippen LogP contribution in [-0.2, 0) is 4.74 Å². The summed E-state index contributed by atoms with van der Waals surface area (Å²) in [6.07, 6.45) is 3.75. The van der Waals surface area contributed by atoms with Crippen LogP contribution in [0.2, 0.25) is 0 Å². The summed E-state index contributed by atoms with van der Waals surface area (Å²) in [5, 5.41) is 3.21. The predicted octanol–water partition coefficient (Wildman–Crippen LogP) is 3.87. The first kappa shape index (κ1) is 18.9. The molecule has 1 aliphatic heterocycles. The minimum atomic E-state index is -0.333. The molecule has 6 nitrogen and oxygen atoms in total. The minimum absolute atomic E-state index is 0.00719. The third-order valence-corrected chi connectivity index (χ3v) is 4.74. The van der Waals surface area contributed by atoms with E-state index in [0.717, 1.165) is 37.3 Å². The number of nitrogens with one attached hydrogen (secondary N) is 1. The lowest BCUT2D eigenvalue weighted by molar-refractivity contribution is 0.0526. The average molecular weight is 367 g/mol. The van der Waals surface area contributed by atoms with E-state index in [0.29, 0.717) is 23.8 Å². The smallest absolute Gasteiger partial charge is 0.338 e. The second kappa shape index (κ2) is 8.66. The maximum absolute atomic E-state index is 12.5. The molecule has 1 saturated heterocycles. The number of ether oxygens (including phenoxy) is 1. The van der Waals surface area contributed by atoms with E-state index in [-0.39, 0.29) is 11.9 Å². The maximum Gasteiger partial charge on any atom is 0.338 e. The number of hydrogen-bond donors (Lipinski definition) is 1. The van der Waals surface area contributed by atoms with Gasteiger partial charge in [-0.15, -0.1) is 0 Å². The van der Waals surface area contributed by atoms with Crippen LogP contribution >= 0.6 is 0 Å².